The van der Waals surface area contributed by atoms with E-state index in [1.807, 2.05) is 21.1 Å². The molecule has 0 fully saturated rings. The zero-order valence-corrected chi connectivity index (χ0v) is 36.0. The lowest BCUT2D eigenvalue weighted by Gasteiger charge is -2.28. The van der Waals surface area contributed by atoms with Gasteiger partial charge in [0.25, 0.3) is 7.82 Å². The number of hydrogen-bond acceptors (Lipinski definition) is 8. The Hall–Kier alpha value is -2.03. The van der Waals surface area contributed by atoms with Gasteiger partial charge in [-0.2, -0.15) is 0 Å². The number of allylic oxidation sites excluding steroid dienone is 8. The number of phosphoric ester groups is 1. The van der Waals surface area contributed by atoms with Gasteiger partial charge in [-0.05, 0) is 77.0 Å². The molecule has 0 rings (SSSR count). The van der Waals surface area contributed by atoms with Crippen molar-refractivity contribution in [1.29, 1.82) is 0 Å². The minimum absolute atomic E-state index is 0.0407. The number of esters is 2. The highest BCUT2D eigenvalue weighted by molar-refractivity contribution is 7.45. The van der Waals surface area contributed by atoms with Crippen molar-refractivity contribution in [1.82, 2.24) is 0 Å². The maximum Gasteiger partial charge on any atom is 0.306 e. The molecule has 54 heavy (non-hydrogen) atoms. The molecule has 0 aromatic rings. The lowest BCUT2D eigenvalue weighted by Crippen LogP contribution is -2.37. The van der Waals surface area contributed by atoms with Crippen LogP contribution in [-0.4, -0.2) is 70.0 Å². The molecular formula is C44H80NO8P. The van der Waals surface area contributed by atoms with E-state index in [4.69, 9.17) is 18.5 Å². The summed E-state index contributed by atoms with van der Waals surface area (Å²) in [6.45, 7) is 4.12. The van der Waals surface area contributed by atoms with Crippen LogP contribution >= 0.6 is 7.82 Å². The first-order valence-corrected chi connectivity index (χ1v) is 22.8. The van der Waals surface area contributed by atoms with Crippen LogP contribution in [0.5, 0.6) is 0 Å². The van der Waals surface area contributed by atoms with Crippen molar-refractivity contribution in [2.24, 2.45) is 0 Å². The molecule has 0 amide bonds. The summed E-state index contributed by atoms with van der Waals surface area (Å²) in [5, 5.41) is 0. The van der Waals surface area contributed by atoms with Gasteiger partial charge in [0.1, 0.15) is 19.8 Å². The molecule has 0 heterocycles. The lowest BCUT2D eigenvalue weighted by atomic mass is 10.1. The Balaban J connectivity index is 4.47. The van der Waals surface area contributed by atoms with E-state index in [1.165, 1.54) is 64.2 Å². The Morgan fingerprint density at radius 3 is 1.57 bits per heavy atom. The summed E-state index contributed by atoms with van der Waals surface area (Å²) in [6.07, 6.45) is 41.4. The van der Waals surface area contributed by atoms with Gasteiger partial charge in [-0.1, -0.05) is 127 Å². The van der Waals surface area contributed by atoms with Crippen LogP contribution in [0.1, 0.15) is 168 Å². The number of nitrogens with zero attached hydrogens (tertiary/aromatic N) is 1. The van der Waals surface area contributed by atoms with Crippen LogP contribution in [0.4, 0.5) is 0 Å². The average molecular weight is 782 g/mol. The second kappa shape index (κ2) is 36.6. The third-order valence-electron chi connectivity index (χ3n) is 8.82. The molecule has 0 aliphatic carbocycles. The fraction of sp³-hybridized carbons (Fsp3) is 0.773. The van der Waals surface area contributed by atoms with Crippen molar-refractivity contribution >= 4 is 19.8 Å². The maximum atomic E-state index is 12.6. The molecule has 0 aliphatic rings. The highest BCUT2D eigenvalue weighted by Crippen LogP contribution is 2.38. The summed E-state index contributed by atoms with van der Waals surface area (Å²) >= 11 is 0. The second-order valence-corrected chi connectivity index (χ2v) is 16.8. The minimum Gasteiger partial charge on any atom is -0.756 e. The van der Waals surface area contributed by atoms with E-state index in [9.17, 15) is 19.0 Å². The molecular weight excluding hydrogens is 701 g/mol. The number of likely N-dealkylation sites (N-methyl/N-ethyl adjacent to an activating group) is 1. The smallest absolute Gasteiger partial charge is 0.306 e. The summed E-state index contributed by atoms with van der Waals surface area (Å²) in [5.41, 5.74) is 0. The van der Waals surface area contributed by atoms with Crippen LogP contribution < -0.4 is 4.89 Å². The Kier molecular flexibility index (Phi) is 35.2. The molecule has 0 N–H and O–H groups in total. The highest BCUT2D eigenvalue weighted by atomic mass is 31.2. The maximum absolute atomic E-state index is 12.6. The van der Waals surface area contributed by atoms with Crippen LogP contribution in [0.2, 0.25) is 0 Å². The van der Waals surface area contributed by atoms with Crippen molar-refractivity contribution in [3.63, 3.8) is 0 Å². The molecule has 0 bridgehead atoms. The molecule has 0 saturated carbocycles. The molecule has 10 heteroatoms. The van der Waals surface area contributed by atoms with Gasteiger partial charge in [-0.15, -0.1) is 0 Å². The Morgan fingerprint density at radius 2 is 1.00 bits per heavy atom. The highest BCUT2D eigenvalue weighted by Gasteiger charge is 2.21. The molecule has 9 nitrogen and oxygen atoms in total. The first kappa shape index (κ1) is 52.0. The molecule has 2 atom stereocenters. The Labute approximate surface area is 331 Å². The molecule has 0 aromatic heterocycles. The van der Waals surface area contributed by atoms with E-state index in [-0.39, 0.29) is 26.1 Å². The van der Waals surface area contributed by atoms with E-state index in [0.29, 0.717) is 23.9 Å². The van der Waals surface area contributed by atoms with Gasteiger partial charge < -0.3 is 27.9 Å². The zero-order valence-electron chi connectivity index (χ0n) is 35.2. The normalized spacial score (nSPS) is 14.1. The predicted octanol–water partition coefficient (Wildman–Crippen LogP) is 11.3. The van der Waals surface area contributed by atoms with Crippen LogP contribution in [0.15, 0.2) is 48.6 Å². The molecule has 0 radical (unpaired) electrons. The van der Waals surface area contributed by atoms with E-state index in [2.05, 4.69) is 62.5 Å². The van der Waals surface area contributed by atoms with Crippen molar-refractivity contribution in [3.8, 4) is 0 Å². The van der Waals surface area contributed by atoms with E-state index < -0.39 is 32.5 Å². The summed E-state index contributed by atoms with van der Waals surface area (Å²) in [6, 6.07) is 0. The zero-order chi connectivity index (χ0) is 40.0. The predicted molar refractivity (Wildman–Crippen MR) is 222 cm³/mol. The van der Waals surface area contributed by atoms with Crippen molar-refractivity contribution in [3.05, 3.63) is 48.6 Å². The average Bonchev–Trinajstić information content (AvgIpc) is 3.12. The van der Waals surface area contributed by atoms with Crippen LogP contribution in [-0.2, 0) is 32.7 Å². The van der Waals surface area contributed by atoms with Crippen molar-refractivity contribution < 1.29 is 42.1 Å². The number of quaternary nitrogens is 1. The fourth-order valence-electron chi connectivity index (χ4n) is 5.42. The summed E-state index contributed by atoms with van der Waals surface area (Å²) in [7, 11) is 1.13. The number of carbonyl (C=O) groups excluding carboxylic acids is 2. The van der Waals surface area contributed by atoms with E-state index >= 15 is 0 Å². The third kappa shape index (κ3) is 39.7. The molecule has 2 unspecified atom stereocenters. The molecule has 0 aromatic carbocycles. The number of ether oxygens (including phenoxy) is 2. The van der Waals surface area contributed by atoms with Gasteiger partial charge in [-0.3, -0.25) is 14.2 Å². The molecule has 314 valence electrons. The van der Waals surface area contributed by atoms with Gasteiger partial charge >= 0.3 is 11.9 Å². The number of unbranched alkanes of at least 4 members (excludes halogenated alkanes) is 16. The minimum atomic E-state index is -4.63. The van der Waals surface area contributed by atoms with Gasteiger partial charge in [0, 0.05) is 12.8 Å². The number of phosphoric acid groups is 1. The fourth-order valence-corrected chi connectivity index (χ4v) is 6.15. The molecule has 0 saturated heterocycles. The van der Waals surface area contributed by atoms with Gasteiger partial charge in [0.15, 0.2) is 6.10 Å². The summed E-state index contributed by atoms with van der Waals surface area (Å²) < 4.78 is 33.8. The standard InChI is InChI=1S/C44H80NO8P/c1-6-8-10-12-14-16-18-20-22-24-26-28-30-32-34-36-43(46)50-40-42(41-52-54(48,49)51-39-38-45(3,4)5)53-44(47)37-35-33-31-29-27-25-23-21-19-17-15-13-11-9-7-2/h15,17,20-23,27,29,42H,6-14,16,18-19,24-26,28,30-41H2,1-5H3/b17-15-,22-20-,23-21-,29-27-. The Bertz CT molecular complexity index is 1070. The first-order valence-electron chi connectivity index (χ1n) is 21.3. The SMILES string of the molecule is CCCCC/C=C\C/C=C\C/C=C\CCCCC(=O)OC(COC(=O)CCCCCCC/C=C\CCCCCCCC)COP(=O)([O-])OCC[N+](C)(C)C. The van der Waals surface area contributed by atoms with Gasteiger partial charge in [0.2, 0.25) is 0 Å². The quantitative estimate of drug-likeness (QED) is 0.0200. The second-order valence-electron chi connectivity index (χ2n) is 15.3. The van der Waals surface area contributed by atoms with Crippen molar-refractivity contribution in [2.45, 2.75) is 174 Å². The summed E-state index contributed by atoms with van der Waals surface area (Å²) in [5.74, 6) is -0.892. The largest absolute Gasteiger partial charge is 0.756 e. The topological polar surface area (TPSA) is 111 Å². The summed E-state index contributed by atoms with van der Waals surface area (Å²) in [4.78, 5) is 37.4. The van der Waals surface area contributed by atoms with Crippen LogP contribution in [0.3, 0.4) is 0 Å². The third-order valence-corrected chi connectivity index (χ3v) is 9.79. The number of carbonyl (C=O) groups is 2. The Morgan fingerprint density at radius 1 is 0.574 bits per heavy atom. The monoisotopic (exact) mass is 782 g/mol. The molecule has 0 spiro atoms. The number of hydrogen-bond donors (Lipinski definition) is 0. The van der Waals surface area contributed by atoms with Crippen LogP contribution in [0.25, 0.3) is 0 Å². The van der Waals surface area contributed by atoms with Crippen LogP contribution in [0, 0.1) is 0 Å². The van der Waals surface area contributed by atoms with Gasteiger partial charge in [-0.25, -0.2) is 0 Å². The van der Waals surface area contributed by atoms with Gasteiger partial charge in [0.05, 0.1) is 27.7 Å². The molecule has 0 aliphatic heterocycles. The lowest BCUT2D eigenvalue weighted by molar-refractivity contribution is -0.870. The number of rotatable bonds is 38. The van der Waals surface area contributed by atoms with E-state index in [0.717, 1.165) is 64.2 Å². The van der Waals surface area contributed by atoms with E-state index in [1.54, 1.807) is 0 Å². The first-order chi connectivity index (χ1) is 26.0. The van der Waals surface area contributed by atoms with Crippen molar-refractivity contribution in [2.75, 3.05) is 47.5 Å².